The topological polar surface area (TPSA) is 125 Å². The number of anilines is 2. The zero-order valence-corrected chi connectivity index (χ0v) is 17.6. The van der Waals surface area contributed by atoms with Gasteiger partial charge in [0, 0.05) is 31.3 Å². The number of alkyl carbamates (subject to hydrolysis) is 1. The van der Waals surface area contributed by atoms with Gasteiger partial charge in [-0.25, -0.2) is 19.7 Å². The molecular weight excluding hydrogens is 445 g/mol. The van der Waals surface area contributed by atoms with Crippen LogP contribution in [0.1, 0.15) is 17.7 Å². The molecule has 2 aromatic rings. The van der Waals surface area contributed by atoms with Crippen molar-refractivity contribution < 1.29 is 32.2 Å². The largest absolute Gasteiger partial charge is 0.444 e. The van der Waals surface area contributed by atoms with Crippen LogP contribution in [0.25, 0.3) is 11.3 Å². The zero-order valence-electron chi connectivity index (χ0n) is 17.6. The number of hydrogen-bond donors (Lipinski definition) is 2. The Kier molecular flexibility index (Phi) is 6.79. The summed E-state index contributed by atoms with van der Waals surface area (Å²) in [6.07, 6.45) is -4.01. The normalized spacial score (nSPS) is 18.9. The molecule has 2 aliphatic rings. The van der Waals surface area contributed by atoms with Crippen LogP contribution in [-0.4, -0.2) is 66.7 Å². The summed E-state index contributed by atoms with van der Waals surface area (Å²) in [5.74, 6) is -0.0239. The van der Waals surface area contributed by atoms with E-state index in [9.17, 15) is 18.0 Å². The molecule has 2 aliphatic heterocycles. The van der Waals surface area contributed by atoms with Gasteiger partial charge in [-0.1, -0.05) is 0 Å². The lowest BCUT2D eigenvalue weighted by atomic mass is 10.1. The van der Waals surface area contributed by atoms with Crippen LogP contribution in [0.3, 0.4) is 0 Å². The van der Waals surface area contributed by atoms with Crippen LogP contribution in [0.15, 0.2) is 18.3 Å². The number of nitrogens with two attached hydrogens (primary N) is 1. The Labute approximate surface area is 187 Å². The Bertz CT molecular complexity index is 994. The summed E-state index contributed by atoms with van der Waals surface area (Å²) in [5, 5.41) is 2.58. The Balaban J connectivity index is 1.63. The molecule has 1 unspecified atom stereocenters. The van der Waals surface area contributed by atoms with Crippen LogP contribution in [0.4, 0.5) is 29.7 Å². The highest BCUT2D eigenvalue weighted by Gasteiger charge is 2.35. The lowest BCUT2D eigenvalue weighted by molar-refractivity contribution is -0.137. The molecule has 3 N–H and O–H groups in total. The lowest BCUT2D eigenvalue weighted by Gasteiger charge is -2.27. The van der Waals surface area contributed by atoms with Crippen molar-refractivity contribution in [1.82, 2.24) is 20.3 Å². The highest BCUT2D eigenvalue weighted by atomic mass is 19.4. The summed E-state index contributed by atoms with van der Waals surface area (Å²) >= 11 is 0. The number of nitrogens with one attached hydrogen (secondary N) is 1. The maximum Gasteiger partial charge on any atom is 0.417 e. The number of pyridine rings is 1. The minimum absolute atomic E-state index is 0.0145. The molecule has 4 heterocycles. The molecule has 33 heavy (non-hydrogen) atoms. The van der Waals surface area contributed by atoms with Crippen molar-refractivity contribution in [2.24, 2.45) is 0 Å². The first-order valence-electron chi connectivity index (χ1n) is 10.4. The summed E-state index contributed by atoms with van der Waals surface area (Å²) in [6.45, 7) is 2.62. The maximum absolute atomic E-state index is 13.7. The summed E-state index contributed by atoms with van der Waals surface area (Å²) in [4.78, 5) is 26.5. The van der Waals surface area contributed by atoms with Crippen LogP contribution < -0.4 is 16.0 Å². The fourth-order valence-electron chi connectivity index (χ4n) is 3.49. The van der Waals surface area contributed by atoms with Gasteiger partial charge in [0.05, 0.1) is 49.9 Å². The second kappa shape index (κ2) is 9.75. The molecule has 0 aliphatic carbocycles. The molecular formula is C20H23F3N6O4. The van der Waals surface area contributed by atoms with Crippen molar-refractivity contribution in [3.63, 3.8) is 0 Å². The van der Waals surface area contributed by atoms with E-state index in [0.717, 1.165) is 12.3 Å². The standard InChI is InChI=1S/C20H23F3N6O4/c21-20(22,23)15-8-17(24)25-10-14(15)16-7-12(9-26-19(30)33-13-1-4-32-11-13)27-18(28-16)29-2-5-31-6-3-29/h7-8,10,13H,1-6,9,11H2,(H2,24,25)(H,26,30). The quantitative estimate of drug-likeness (QED) is 0.678. The number of amides is 1. The molecule has 2 saturated heterocycles. The Morgan fingerprint density at radius 3 is 2.70 bits per heavy atom. The molecule has 0 aromatic carbocycles. The number of hydrogen-bond acceptors (Lipinski definition) is 9. The number of morpholine rings is 1. The van der Waals surface area contributed by atoms with Crippen molar-refractivity contribution in [2.75, 3.05) is 50.2 Å². The van der Waals surface area contributed by atoms with Crippen LogP contribution >= 0.6 is 0 Å². The van der Waals surface area contributed by atoms with Gasteiger partial charge in [-0.2, -0.15) is 13.2 Å². The monoisotopic (exact) mass is 468 g/mol. The van der Waals surface area contributed by atoms with E-state index < -0.39 is 17.8 Å². The fourth-order valence-corrected chi connectivity index (χ4v) is 3.49. The number of nitrogens with zero attached hydrogens (tertiary/aromatic N) is 4. The van der Waals surface area contributed by atoms with Gasteiger partial charge in [-0.3, -0.25) is 0 Å². The molecule has 1 amide bonds. The smallest absolute Gasteiger partial charge is 0.417 e. The van der Waals surface area contributed by atoms with E-state index in [1.54, 1.807) is 0 Å². The minimum atomic E-state index is -4.66. The average Bonchev–Trinajstić information content (AvgIpc) is 3.30. The second-order valence-electron chi connectivity index (χ2n) is 7.54. The van der Waals surface area contributed by atoms with E-state index in [1.807, 2.05) is 4.90 Å². The number of carbonyl (C=O) groups is 1. The molecule has 0 radical (unpaired) electrons. The number of aromatic nitrogens is 3. The van der Waals surface area contributed by atoms with E-state index in [2.05, 4.69) is 20.3 Å². The van der Waals surface area contributed by atoms with E-state index in [1.165, 1.54) is 6.07 Å². The Morgan fingerprint density at radius 2 is 2.00 bits per heavy atom. The molecule has 0 spiro atoms. The molecule has 2 aromatic heterocycles. The van der Waals surface area contributed by atoms with Crippen LogP contribution in [0, 0.1) is 0 Å². The highest BCUT2D eigenvalue weighted by molar-refractivity contribution is 5.68. The third-order valence-corrected chi connectivity index (χ3v) is 5.14. The van der Waals surface area contributed by atoms with Gasteiger partial charge in [0.25, 0.3) is 0 Å². The number of rotatable bonds is 5. The minimum Gasteiger partial charge on any atom is -0.444 e. The summed E-state index contributed by atoms with van der Waals surface area (Å²) in [5.41, 5.74) is 4.62. The first-order chi connectivity index (χ1) is 15.8. The van der Waals surface area contributed by atoms with Gasteiger partial charge in [0.2, 0.25) is 5.95 Å². The van der Waals surface area contributed by atoms with E-state index in [-0.39, 0.29) is 35.7 Å². The second-order valence-corrected chi connectivity index (χ2v) is 7.54. The molecule has 4 rings (SSSR count). The number of carbonyl (C=O) groups excluding carboxylic acids is 1. The summed E-state index contributed by atoms with van der Waals surface area (Å²) in [7, 11) is 0. The van der Waals surface area contributed by atoms with E-state index >= 15 is 0 Å². The maximum atomic E-state index is 13.7. The van der Waals surface area contributed by atoms with Crippen molar-refractivity contribution in [1.29, 1.82) is 0 Å². The predicted molar refractivity (Wildman–Crippen MR) is 110 cm³/mol. The average molecular weight is 468 g/mol. The molecule has 1 atom stereocenters. The number of nitrogen functional groups attached to an aromatic ring is 1. The van der Waals surface area contributed by atoms with Gasteiger partial charge in [-0.15, -0.1) is 0 Å². The Morgan fingerprint density at radius 1 is 1.21 bits per heavy atom. The lowest BCUT2D eigenvalue weighted by Crippen LogP contribution is -2.37. The van der Waals surface area contributed by atoms with Crippen LogP contribution in [0.2, 0.25) is 0 Å². The van der Waals surface area contributed by atoms with Gasteiger partial charge >= 0.3 is 12.3 Å². The fraction of sp³-hybridized carbons (Fsp3) is 0.500. The molecule has 178 valence electrons. The van der Waals surface area contributed by atoms with Crippen molar-refractivity contribution in [3.8, 4) is 11.3 Å². The first-order valence-corrected chi connectivity index (χ1v) is 10.4. The predicted octanol–water partition coefficient (Wildman–Crippen LogP) is 1.99. The van der Waals surface area contributed by atoms with E-state index in [4.69, 9.17) is 19.9 Å². The van der Waals surface area contributed by atoms with Gasteiger partial charge in [0.15, 0.2) is 0 Å². The molecule has 0 saturated carbocycles. The van der Waals surface area contributed by atoms with Crippen molar-refractivity contribution >= 4 is 17.9 Å². The highest BCUT2D eigenvalue weighted by Crippen LogP contribution is 2.37. The van der Waals surface area contributed by atoms with Gasteiger partial charge in [-0.05, 0) is 12.1 Å². The summed E-state index contributed by atoms with van der Waals surface area (Å²) < 4.78 is 56.8. The zero-order chi connectivity index (χ0) is 23.4. The van der Waals surface area contributed by atoms with Gasteiger partial charge in [0.1, 0.15) is 11.9 Å². The SMILES string of the molecule is Nc1cc(C(F)(F)F)c(-c2cc(CNC(=O)OC3CCOC3)nc(N3CCOCC3)n2)cn1. The number of ether oxygens (including phenoxy) is 3. The number of halogens is 3. The van der Waals surface area contributed by atoms with E-state index in [0.29, 0.717) is 51.6 Å². The van der Waals surface area contributed by atoms with Crippen molar-refractivity contribution in [2.45, 2.75) is 25.2 Å². The molecule has 0 bridgehead atoms. The molecule has 13 heteroatoms. The van der Waals surface area contributed by atoms with Crippen molar-refractivity contribution in [3.05, 3.63) is 29.6 Å². The summed E-state index contributed by atoms with van der Waals surface area (Å²) in [6, 6.07) is 2.15. The third-order valence-electron chi connectivity index (χ3n) is 5.14. The van der Waals surface area contributed by atoms with Crippen LogP contribution in [0.5, 0.6) is 0 Å². The first kappa shape index (κ1) is 23.0. The van der Waals surface area contributed by atoms with Gasteiger partial charge < -0.3 is 30.2 Å². The third kappa shape index (κ3) is 5.79. The van der Waals surface area contributed by atoms with Crippen LogP contribution in [-0.2, 0) is 26.9 Å². The number of alkyl halides is 3. The Hall–Kier alpha value is -3.19. The molecule has 2 fully saturated rings. The molecule has 10 nitrogen and oxygen atoms in total.